The van der Waals surface area contributed by atoms with Crippen molar-refractivity contribution in [2.75, 3.05) is 5.32 Å². The van der Waals surface area contributed by atoms with Crippen LogP contribution in [0.1, 0.15) is 29.7 Å². The molecule has 1 aliphatic rings. The summed E-state index contributed by atoms with van der Waals surface area (Å²) in [4.78, 5) is 35.3. The van der Waals surface area contributed by atoms with Crippen molar-refractivity contribution in [3.8, 4) is 0 Å². The maximum Gasteiger partial charge on any atom is 0.251 e. The van der Waals surface area contributed by atoms with Crippen molar-refractivity contribution in [3.63, 3.8) is 0 Å². The highest BCUT2D eigenvalue weighted by molar-refractivity contribution is 6.30. The number of hydrogen-bond donors (Lipinski definition) is 2. The second kappa shape index (κ2) is 9.23. The monoisotopic (exact) mass is 474 g/mol. The van der Waals surface area contributed by atoms with E-state index in [0.717, 1.165) is 16.6 Å². The molecule has 172 valence electrons. The number of rotatable bonds is 5. The Bertz CT molecular complexity index is 1380. The Morgan fingerprint density at radius 3 is 2.85 bits per heavy atom. The topological polar surface area (TPSA) is 102 Å². The van der Waals surface area contributed by atoms with Gasteiger partial charge in [0, 0.05) is 28.4 Å². The van der Waals surface area contributed by atoms with Crippen molar-refractivity contribution >= 4 is 39.9 Å². The molecule has 0 saturated carbocycles. The minimum atomic E-state index is -0.927. The molecule has 5 rings (SSSR count). The Balaban J connectivity index is 1.40. The van der Waals surface area contributed by atoms with E-state index in [1.165, 1.54) is 0 Å². The summed E-state index contributed by atoms with van der Waals surface area (Å²) in [5.74, 6) is 0.671. The molecule has 0 saturated heterocycles. The minimum absolute atomic E-state index is 0.213. The molecule has 3 heterocycles. The van der Waals surface area contributed by atoms with Crippen LogP contribution >= 0.6 is 11.6 Å². The number of aryl methyl sites for hydroxylation is 2. The first kappa shape index (κ1) is 22.0. The van der Waals surface area contributed by atoms with Gasteiger partial charge in [0.1, 0.15) is 17.7 Å². The van der Waals surface area contributed by atoms with Gasteiger partial charge in [-0.2, -0.15) is 5.10 Å². The van der Waals surface area contributed by atoms with E-state index in [1.807, 2.05) is 31.2 Å². The molecule has 0 bridgehead atoms. The van der Waals surface area contributed by atoms with E-state index in [2.05, 4.69) is 25.7 Å². The lowest BCUT2D eigenvalue weighted by molar-refractivity contribution is -0.130. The van der Waals surface area contributed by atoms with Crippen LogP contribution in [0.5, 0.6) is 0 Å². The van der Waals surface area contributed by atoms with Gasteiger partial charge in [-0.1, -0.05) is 48.0 Å². The van der Waals surface area contributed by atoms with Crippen LogP contribution in [0.15, 0.2) is 60.9 Å². The number of aromatic nitrogens is 4. The fraction of sp³-hybridized carbons (Fsp3) is 0.240. The maximum atomic E-state index is 13.5. The fourth-order valence-corrected chi connectivity index (χ4v) is 4.51. The van der Waals surface area contributed by atoms with Crippen LogP contribution in [-0.2, 0) is 22.6 Å². The highest BCUT2D eigenvalue weighted by Gasteiger charge is 2.31. The Morgan fingerprint density at radius 2 is 2.00 bits per heavy atom. The second-order valence-corrected chi connectivity index (χ2v) is 8.82. The van der Waals surface area contributed by atoms with Crippen molar-refractivity contribution in [3.05, 3.63) is 83.2 Å². The number of fused-ring (bicyclic) bond motifs is 2. The predicted octanol–water partition coefficient (Wildman–Crippen LogP) is 3.85. The third-order valence-corrected chi connectivity index (χ3v) is 6.23. The first-order valence-corrected chi connectivity index (χ1v) is 11.5. The van der Waals surface area contributed by atoms with Gasteiger partial charge in [0.2, 0.25) is 5.91 Å². The average molecular weight is 475 g/mol. The molecule has 0 aliphatic carbocycles. The normalized spacial score (nSPS) is 16.0. The number of halogens is 1. The fourth-order valence-electron chi connectivity index (χ4n) is 4.32. The summed E-state index contributed by atoms with van der Waals surface area (Å²) < 4.78 is 1.78. The summed E-state index contributed by atoms with van der Waals surface area (Å²) in [7, 11) is 0. The number of hydrogen-bond acceptors (Lipinski definition) is 5. The Labute approximate surface area is 201 Å². The van der Waals surface area contributed by atoms with Crippen LogP contribution in [0.3, 0.4) is 0 Å². The van der Waals surface area contributed by atoms with Crippen LogP contribution < -0.4 is 10.6 Å². The largest absolute Gasteiger partial charge is 0.340 e. The summed E-state index contributed by atoms with van der Waals surface area (Å²) >= 11 is 6.20. The number of anilines is 1. The highest BCUT2D eigenvalue weighted by atomic mass is 35.5. The molecule has 2 N–H and O–H groups in total. The van der Waals surface area contributed by atoms with E-state index in [0.29, 0.717) is 41.5 Å². The van der Waals surface area contributed by atoms with Gasteiger partial charge in [0.15, 0.2) is 0 Å². The van der Waals surface area contributed by atoms with E-state index in [-0.39, 0.29) is 17.7 Å². The molecule has 2 aromatic heterocycles. The molecule has 4 aromatic rings. The molecule has 34 heavy (non-hydrogen) atoms. The SMILES string of the molecule is Cc1nc2n(n1)CC(C(=O)NC(C(=O)Nc1cncc3ccccc13)c1cccc(Cl)c1)CC2. The molecular formula is C25H23ClN6O2. The molecular weight excluding hydrogens is 452 g/mol. The molecule has 8 nitrogen and oxygen atoms in total. The van der Waals surface area contributed by atoms with Gasteiger partial charge < -0.3 is 10.6 Å². The minimum Gasteiger partial charge on any atom is -0.340 e. The molecule has 2 aromatic carbocycles. The van der Waals surface area contributed by atoms with E-state index in [1.54, 1.807) is 41.3 Å². The first-order chi connectivity index (χ1) is 16.5. The quantitative estimate of drug-likeness (QED) is 0.457. The highest BCUT2D eigenvalue weighted by Crippen LogP contribution is 2.26. The summed E-state index contributed by atoms with van der Waals surface area (Å²) in [6.07, 6.45) is 4.65. The zero-order valence-electron chi connectivity index (χ0n) is 18.5. The zero-order chi connectivity index (χ0) is 23.7. The van der Waals surface area contributed by atoms with Gasteiger partial charge in [-0.05, 0) is 31.0 Å². The molecule has 0 fully saturated rings. The van der Waals surface area contributed by atoms with Crippen LogP contribution in [0.2, 0.25) is 5.02 Å². The van der Waals surface area contributed by atoms with Crippen LogP contribution in [0.25, 0.3) is 10.8 Å². The molecule has 1 aliphatic heterocycles. The van der Waals surface area contributed by atoms with E-state index < -0.39 is 6.04 Å². The number of pyridine rings is 1. The lowest BCUT2D eigenvalue weighted by Crippen LogP contribution is -2.42. The van der Waals surface area contributed by atoms with Crippen LogP contribution in [-0.4, -0.2) is 31.6 Å². The summed E-state index contributed by atoms with van der Waals surface area (Å²) in [5, 5.41) is 12.5. The third kappa shape index (κ3) is 4.49. The molecule has 2 atom stereocenters. The van der Waals surface area contributed by atoms with E-state index in [9.17, 15) is 9.59 Å². The summed E-state index contributed by atoms with van der Waals surface area (Å²) in [5.41, 5.74) is 1.17. The zero-order valence-corrected chi connectivity index (χ0v) is 19.3. The lowest BCUT2D eigenvalue weighted by atomic mass is 9.97. The number of carbonyl (C=O) groups is 2. The average Bonchev–Trinajstić information content (AvgIpc) is 3.21. The smallest absolute Gasteiger partial charge is 0.251 e. The van der Waals surface area contributed by atoms with Gasteiger partial charge in [-0.15, -0.1) is 0 Å². The molecule has 0 radical (unpaired) electrons. The molecule has 2 amide bonds. The van der Waals surface area contributed by atoms with Crippen molar-refractivity contribution in [2.45, 2.75) is 32.4 Å². The van der Waals surface area contributed by atoms with Gasteiger partial charge in [0.25, 0.3) is 5.91 Å². The van der Waals surface area contributed by atoms with Crippen molar-refractivity contribution in [1.82, 2.24) is 25.1 Å². The van der Waals surface area contributed by atoms with Crippen LogP contribution in [0, 0.1) is 12.8 Å². The van der Waals surface area contributed by atoms with Gasteiger partial charge in [0.05, 0.1) is 24.3 Å². The molecule has 2 unspecified atom stereocenters. The Hall–Kier alpha value is -3.78. The number of amides is 2. The van der Waals surface area contributed by atoms with Gasteiger partial charge >= 0.3 is 0 Å². The first-order valence-electron chi connectivity index (χ1n) is 11.1. The molecule has 9 heteroatoms. The van der Waals surface area contributed by atoms with Crippen molar-refractivity contribution in [2.24, 2.45) is 5.92 Å². The van der Waals surface area contributed by atoms with Crippen molar-refractivity contribution in [1.29, 1.82) is 0 Å². The van der Waals surface area contributed by atoms with E-state index >= 15 is 0 Å². The third-order valence-electron chi connectivity index (χ3n) is 5.99. The molecule has 0 spiro atoms. The Kier molecular flexibility index (Phi) is 5.98. The summed E-state index contributed by atoms with van der Waals surface area (Å²) in [6.45, 7) is 2.27. The van der Waals surface area contributed by atoms with E-state index in [4.69, 9.17) is 11.6 Å². The van der Waals surface area contributed by atoms with Crippen molar-refractivity contribution < 1.29 is 9.59 Å². The number of benzene rings is 2. The summed E-state index contributed by atoms with van der Waals surface area (Å²) in [6, 6.07) is 13.7. The Morgan fingerprint density at radius 1 is 1.15 bits per heavy atom. The van der Waals surface area contributed by atoms with Crippen LogP contribution in [0.4, 0.5) is 5.69 Å². The standard InChI is InChI=1S/C25H23ClN6O2/c1-15-28-22-10-9-18(14-32(22)31-15)24(33)30-23(16-6-4-7-19(26)11-16)25(34)29-21-13-27-12-17-5-2-3-8-20(17)21/h2-8,11-13,18,23H,9-10,14H2,1H3,(H,29,34)(H,30,33). The second-order valence-electron chi connectivity index (χ2n) is 8.39. The number of nitrogens with zero attached hydrogens (tertiary/aromatic N) is 4. The lowest BCUT2D eigenvalue weighted by Gasteiger charge is -2.25. The predicted molar refractivity (Wildman–Crippen MR) is 129 cm³/mol. The van der Waals surface area contributed by atoms with Gasteiger partial charge in [-0.3, -0.25) is 14.6 Å². The number of carbonyl (C=O) groups excluding carboxylic acids is 2. The van der Waals surface area contributed by atoms with Gasteiger partial charge in [-0.25, -0.2) is 9.67 Å². The maximum absolute atomic E-state index is 13.5. The number of nitrogens with one attached hydrogen (secondary N) is 2.